The molecule has 2 N–H and O–H groups in total. The number of esters is 1. The summed E-state index contributed by atoms with van der Waals surface area (Å²) in [5.74, 6) is -0.0199. The highest BCUT2D eigenvalue weighted by atomic mass is 16.5. The van der Waals surface area contributed by atoms with Crippen LogP contribution in [0.5, 0.6) is 0 Å². The number of aromatic nitrogens is 2. The molecule has 6 heteroatoms. The van der Waals surface area contributed by atoms with E-state index in [0.717, 1.165) is 11.2 Å². The molecule has 0 saturated heterocycles. The first-order valence-corrected chi connectivity index (χ1v) is 8.62. The van der Waals surface area contributed by atoms with Crippen LogP contribution in [0.15, 0.2) is 48.7 Å². The zero-order valence-electron chi connectivity index (χ0n) is 14.6. The quantitative estimate of drug-likeness (QED) is 0.402. The van der Waals surface area contributed by atoms with Gasteiger partial charge in [-0.05, 0) is 56.2 Å². The molecule has 2 aromatic heterocycles. The Balaban J connectivity index is 1.86. The molecule has 1 aromatic carbocycles. The first kappa shape index (κ1) is 17.7. The number of pyridine rings is 1. The van der Waals surface area contributed by atoms with Gasteiger partial charge < -0.3 is 10.5 Å². The van der Waals surface area contributed by atoms with Crippen LogP contribution < -0.4 is 5.73 Å². The van der Waals surface area contributed by atoms with Gasteiger partial charge in [-0.2, -0.15) is 0 Å². The Morgan fingerprint density at radius 1 is 1.15 bits per heavy atom. The van der Waals surface area contributed by atoms with Gasteiger partial charge in [-0.25, -0.2) is 4.98 Å². The second-order valence-electron chi connectivity index (χ2n) is 5.95. The van der Waals surface area contributed by atoms with Crippen LogP contribution in [0.1, 0.15) is 41.6 Å². The Bertz CT molecular complexity index is 929. The van der Waals surface area contributed by atoms with Crippen LogP contribution >= 0.6 is 0 Å². The summed E-state index contributed by atoms with van der Waals surface area (Å²) in [6.07, 6.45) is 3.37. The number of nitrogens with zero attached hydrogens (tertiary/aromatic N) is 2. The van der Waals surface area contributed by atoms with Gasteiger partial charge in [-0.1, -0.05) is 6.07 Å². The zero-order valence-corrected chi connectivity index (χ0v) is 14.6. The topological polar surface area (TPSA) is 86.7 Å². The Kier molecular flexibility index (Phi) is 5.31. The number of nitrogens with two attached hydrogens (primary N) is 1. The lowest BCUT2D eigenvalue weighted by atomic mass is 10.1. The number of carbonyl (C=O) groups is 2. The first-order valence-electron chi connectivity index (χ1n) is 8.62. The monoisotopic (exact) mass is 351 g/mol. The average molecular weight is 351 g/mol. The van der Waals surface area contributed by atoms with Crippen LogP contribution in [0.25, 0.3) is 5.52 Å². The molecule has 0 aliphatic heterocycles. The highest BCUT2D eigenvalue weighted by Gasteiger charge is 2.18. The molecule has 0 aliphatic rings. The van der Waals surface area contributed by atoms with Crippen molar-refractivity contribution in [3.05, 3.63) is 65.7 Å². The summed E-state index contributed by atoms with van der Waals surface area (Å²) in [5.41, 5.74) is 8.50. The zero-order chi connectivity index (χ0) is 18.5. The van der Waals surface area contributed by atoms with Gasteiger partial charge in [-0.3, -0.25) is 14.0 Å². The standard InChI is InChI=1S/C20H21N3O3/c1-2-26-18(24)8-5-6-16-17-7-3-4-13-23(17)20(22-16)19(25)14-9-11-15(21)12-10-14/h3-4,7,9-13H,2,5-6,8,21H2,1H3. The number of rotatable bonds is 7. The second-order valence-corrected chi connectivity index (χ2v) is 5.95. The average Bonchev–Trinajstić information content (AvgIpc) is 3.01. The van der Waals surface area contributed by atoms with E-state index in [-0.39, 0.29) is 11.8 Å². The molecule has 0 fully saturated rings. The Morgan fingerprint density at radius 3 is 2.65 bits per heavy atom. The van der Waals surface area contributed by atoms with Crippen LogP contribution in [0.2, 0.25) is 0 Å². The number of benzene rings is 1. The number of aryl methyl sites for hydroxylation is 1. The van der Waals surface area contributed by atoms with Crippen LogP contribution in [-0.2, 0) is 16.0 Å². The van der Waals surface area contributed by atoms with Crippen LogP contribution in [0.3, 0.4) is 0 Å². The van der Waals surface area contributed by atoms with Gasteiger partial charge in [0.25, 0.3) is 0 Å². The van der Waals surface area contributed by atoms with Crippen molar-refractivity contribution < 1.29 is 14.3 Å². The SMILES string of the molecule is CCOC(=O)CCCc1nc(C(=O)c2ccc(N)cc2)n2ccccc12. The fourth-order valence-electron chi connectivity index (χ4n) is 2.84. The van der Waals surface area contributed by atoms with E-state index in [1.54, 1.807) is 35.6 Å². The van der Waals surface area contributed by atoms with Gasteiger partial charge in [0, 0.05) is 23.9 Å². The lowest BCUT2D eigenvalue weighted by Gasteiger charge is -2.01. The molecule has 3 aromatic rings. The number of nitrogen functional groups attached to an aromatic ring is 1. The van der Waals surface area contributed by atoms with E-state index in [4.69, 9.17) is 10.5 Å². The van der Waals surface area contributed by atoms with Gasteiger partial charge in [0.1, 0.15) is 0 Å². The Morgan fingerprint density at radius 2 is 1.92 bits per heavy atom. The fraction of sp³-hybridized carbons (Fsp3) is 0.250. The van der Waals surface area contributed by atoms with Crippen molar-refractivity contribution >= 4 is 23.0 Å². The van der Waals surface area contributed by atoms with E-state index < -0.39 is 0 Å². The lowest BCUT2D eigenvalue weighted by molar-refractivity contribution is -0.143. The highest BCUT2D eigenvalue weighted by Crippen LogP contribution is 2.19. The van der Waals surface area contributed by atoms with E-state index in [1.165, 1.54) is 0 Å². The van der Waals surface area contributed by atoms with Gasteiger partial charge in [-0.15, -0.1) is 0 Å². The molecule has 0 atom stereocenters. The van der Waals surface area contributed by atoms with Gasteiger partial charge >= 0.3 is 5.97 Å². The van der Waals surface area contributed by atoms with Crippen molar-refractivity contribution in [3.8, 4) is 0 Å². The van der Waals surface area contributed by atoms with Crippen molar-refractivity contribution in [2.45, 2.75) is 26.2 Å². The number of ether oxygens (including phenoxy) is 1. The minimum atomic E-state index is -0.214. The van der Waals surface area contributed by atoms with Gasteiger partial charge in [0.2, 0.25) is 5.78 Å². The molecule has 0 aliphatic carbocycles. The molecule has 0 radical (unpaired) electrons. The van der Waals surface area contributed by atoms with Crippen LogP contribution in [-0.4, -0.2) is 27.7 Å². The number of hydrogen-bond donors (Lipinski definition) is 1. The van der Waals surface area contributed by atoms with E-state index in [2.05, 4.69) is 4.98 Å². The Labute approximate surface area is 151 Å². The summed E-state index contributed by atoms with van der Waals surface area (Å²) in [6, 6.07) is 12.5. The molecular weight excluding hydrogens is 330 g/mol. The number of carbonyl (C=O) groups excluding carboxylic acids is 2. The third-order valence-corrected chi connectivity index (χ3v) is 4.10. The maximum absolute atomic E-state index is 12.9. The third-order valence-electron chi connectivity index (χ3n) is 4.10. The number of imidazole rings is 1. The molecule has 0 bridgehead atoms. The Hall–Kier alpha value is -3.15. The van der Waals surface area contributed by atoms with Crippen molar-refractivity contribution in [1.29, 1.82) is 0 Å². The summed E-state index contributed by atoms with van der Waals surface area (Å²) < 4.78 is 6.74. The summed E-state index contributed by atoms with van der Waals surface area (Å²) in [4.78, 5) is 28.9. The van der Waals surface area contributed by atoms with E-state index in [0.29, 0.717) is 42.9 Å². The van der Waals surface area contributed by atoms with Crippen molar-refractivity contribution in [1.82, 2.24) is 9.38 Å². The normalized spacial score (nSPS) is 10.8. The molecule has 134 valence electrons. The largest absolute Gasteiger partial charge is 0.466 e. The summed E-state index contributed by atoms with van der Waals surface area (Å²) in [7, 11) is 0. The predicted octanol–water partition coefficient (Wildman–Crippen LogP) is 3.03. The van der Waals surface area contributed by atoms with Crippen LogP contribution in [0.4, 0.5) is 5.69 Å². The first-order chi connectivity index (χ1) is 12.6. The summed E-state index contributed by atoms with van der Waals surface area (Å²) in [5, 5.41) is 0. The molecule has 0 amide bonds. The summed E-state index contributed by atoms with van der Waals surface area (Å²) >= 11 is 0. The number of hydrogen-bond acceptors (Lipinski definition) is 5. The molecule has 0 saturated carbocycles. The maximum atomic E-state index is 12.9. The minimum Gasteiger partial charge on any atom is -0.466 e. The minimum absolute atomic E-state index is 0.164. The smallest absolute Gasteiger partial charge is 0.305 e. The molecule has 0 unspecified atom stereocenters. The van der Waals surface area contributed by atoms with Crippen molar-refractivity contribution in [2.24, 2.45) is 0 Å². The van der Waals surface area contributed by atoms with Crippen LogP contribution in [0, 0.1) is 0 Å². The lowest BCUT2D eigenvalue weighted by Crippen LogP contribution is -2.07. The number of fused-ring (bicyclic) bond motifs is 1. The van der Waals surface area contributed by atoms with E-state index >= 15 is 0 Å². The molecule has 3 rings (SSSR count). The number of ketones is 1. The maximum Gasteiger partial charge on any atom is 0.305 e. The molecule has 2 heterocycles. The molecule has 6 nitrogen and oxygen atoms in total. The second kappa shape index (κ2) is 7.82. The fourth-order valence-corrected chi connectivity index (χ4v) is 2.84. The predicted molar refractivity (Wildman–Crippen MR) is 99.0 cm³/mol. The summed E-state index contributed by atoms with van der Waals surface area (Å²) in [6.45, 7) is 2.17. The number of anilines is 1. The molecule has 26 heavy (non-hydrogen) atoms. The van der Waals surface area contributed by atoms with E-state index in [9.17, 15) is 9.59 Å². The molecule has 0 spiro atoms. The van der Waals surface area contributed by atoms with E-state index in [1.807, 2.05) is 24.4 Å². The third kappa shape index (κ3) is 3.74. The molecular formula is C20H21N3O3. The highest BCUT2D eigenvalue weighted by molar-refractivity contribution is 6.07. The van der Waals surface area contributed by atoms with Crippen molar-refractivity contribution in [2.75, 3.05) is 12.3 Å². The van der Waals surface area contributed by atoms with Gasteiger partial charge in [0.15, 0.2) is 5.82 Å². The van der Waals surface area contributed by atoms with Gasteiger partial charge in [0.05, 0.1) is 17.8 Å². The van der Waals surface area contributed by atoms with Crippen molar-refractivity contribution in [3.63, 3.8) is 0 Å².